The number of rotatable bonds is 8. The zero-order valence-corrected chi connectivity index (χ0v) is 16.7. The van der Waals surface area contributed by atoms with Crippen molar-refractivity contribution < 1.29 is 13.6 Å². The number of benzene rings is 1. The zero-order chi connectivity index (χ0) is 21.5. The molecule has 1 aliphatic rings. The third kappa shape index (κ3) is 6.05. The van der Waals surface area contributed by atoms with Gasteiger partial charge < -0.3 is 10.7 Å². The lowest BCUT2D eigenvalue weighted by molar-refractivity contribution is 0.101. The molecule has 1 aromatic heterocycles. The van der Waals surface area contributed by atoms with Crippen LogP contribution in [0, 0.1) is 0 Å². The summed E-state index contributed by atoms with van der Waals surface area (Å²) in [6.45, 7) is 2.11. The molecule has 1 atom stereocenters. The molecule has 0 aliphatic carbocycles. The summed E-state index contributed by atoms with van der Waals surface area (Å²) in [7, 11) is 1.93. The highest BCUT2D eigenvalue weighted by Gasteiger charge is 2.13. The van der Waals surface area contributed by atoms with Crippen LogP contribution >= 0.6 is 0 Å². The Bertz CT molecular complexity index is 968. The van der Waals surface area contributed by atoms with Crippen LogP contribution in [-0.2, 0) is 6.54 Å². The standard InChI is InChI=1S/C20H23F2N7O/c1-14(23-7-8-24-17-11-25-28(2)12-17)15-4-3-5-16(10-15)26-20(30)18-6-9-29(27-18)13-19(21)22/h3-11,14,19,25H,12-13H2,1-2H3,(H,26,30). The number of aromatic nitrogens is 2. The lowest BCUT2D eigenvalue weighted by atomic mass is 10.1. The van der Waals surface area contributed by atoms with Gasteiger partial charge in [-0.25, -0.2) is 13.8 Å². The van der Waals surface area contributed by atoms with E-state index in [0.717, 1.165) is 22.5 Å². The largest absolute Gasteiger partial charge is 0.324 e. The van der Waals surface area contributed by atoms with E-state index in [9.17, 15) is 13.6 Å². The van der Waals surface area contributed by atoms with Gasteiger partial charge in [0.2, 0.25) is 0 Å². The minimum absolute atomic E-state index is 0.0738. The Balaban J connectivity index is 1.58. The number of anilines is 1. The molecule has 0 saturated heterocycles. The van der Waals surface area contributed by atoms with Gasteiger partial charge in [-0.15, -0.1) is 0 Å². The van der Waals surface area contributed by atoms with Crippen molar-refractivity contribution in [1.82, 2.24) is 20.2 Å². The summed E-state index contributed by atoms with van der Waals surface area (Å²) in [6, 6.07) is 8.53. The fraction of sp³-hybridized carbons (Fsp3) is 0.300. The van der Waals surface area contributed by atoms with E-state index in [1.54, 1.807) is 18.5 Å². The molecule has 2 N–H and O–H groups in total. The first kappa shape index (κ1) is 21.3. The van der Waals surface area contributed by atoms with Gasteiger partial charge in [-0.2, -0.15) is 5.10 Å². The molecule has 158 valence electrons. The Morgan fingerprint density at radius 2 is 2.20 bits per heavy atom. The molecule has 0 bridgehead atoms. The second-order valence-electron chi connectivity index (χ2n) is 6.77. The van der Waals surface area contributed by atoms with Crippen LogP contribution in [0.15, 0.2) is 58.4 Å². The number of hydrazine groups is 1. The number of likely N-dealkylation sites (N-methyl/N-ethyl adjacent to an activating group) is 1. The Labute approximate surface area is 173 Å². The number of halogens is 2. The molecule has 1 aromatic carbocycles. The van der Waals surface area contributed by atoms with Gasteiger partial charge in [-0.3, -0.25) is 19.5 Å². The highest BCUT2D eigenvalue weighted by Crippen LogP contribution is 2.20. The number of carbonyl (C=O) groups excluding carboxylic acids is 1. The lowest BCUT2D eigenvalue weighted by Crippen LogP contribution is -2.24. The van der Waals surface area contributed by atoms with Crippen molar-refractivity contribution >= 4 is 24.0 Å². The van der Waals surface area contributed by atoms with Gasteiger partial charge in [0, 0.05) is 37.6 Å². The summed E-state index contributed by atoms with van der Waals surface area (Å²) in [5.74, 6) is -0.466. The minimum atomic E-state index is -2.53. The van der Waals surface area contributed by atoms with Crippen molar-refractivity contribution in [2.45, 2.75) is 25.9 Å². The van der Waals surface area contributed by atoms with E-state index in [1.807, 2.05) is 43.4 Å². The molecule has 1 aliphatic heterocycles. The highest BCUT2D eigenvalue weighted by atomic mass is 19.3. The van der Waals surface area contributed by atoms with Crippen LogP contribution in [0.1, 0.15) is 29.0 Å². The SMILES string of the molecule is CC(N=CC=NC1=CNN(C)C1)c1cccc(NC(=O)c2ccn(CC(F)F)n2)c1. The van der Waals surface area contributed by atoms with Crippen LogP contribution in [0.25, 0.3) is 0 Å². The van der Waals surface area contributed by atoms with Crippen LogP contribution < -0.4 is 10.7 Å². The molecule has 0 radical (unpaired) electrons. The highest BCUT2D eigenvalue weighted by molar-refractivity contribution is 6.16. The molecule has 2 heterocycles. The fourth-order valence-electron chi connectivity index (χ4n) is 2.78. The average Bonchev–Trinajstić information content (AvgIpc) is 3.34. The van der Waals surface area contributed by atoms with Gasteiger partial charge in [0.25, 0.3) is 12.3 Å². The van der Waals surface area contributed by atoms with Crippen molar-refractivity contribution in [2.75, 3.05) is 18.9 Å². The van der Waals surface area contributed by atoms with Crippen molar-refractivity contribution in [3.8, 4) is 0 Å². The van der Waals surface area contributed by atoms with Gasteiger partial charge >= 0.3 is 0 Å². The van der Waals surface area contributed by atoms with E-state index < -0.39 is 18.9 Å². The molecule has 0 saturated carbocycles. The second-order valence-corrected chi connectivity index (χ2v) is 6.77. The Kier molecular flexibility index (Phi) is 7.02. The summed E-state index contributed by atoms with van der Waals surface area (Å²) in [4.78, 5) is 21.1. The van der Waals surface area contributed by atoms with Gasteiger partial charge in [0.15, 0.2) is 5.69 Å². The van der Waals surface area contributed by atoms with Crippen molar-refractivity contribution in [3.05, 3.63) is 59.7 Å². The molecule has 1 unspecified atom stereocenters. The zero-order valence-electron chi connectivity index (χ0n) is 16.7. The predicted octanol–water partition coefficient (Wildman–Crippen LogP) is 2.89. The molecular formula is C20H23F2N7O. The first-order chi connectivity index (χ1) is 14.4. The number of carbonyl (C=O) groups is 1. The van der Waals surface area contributed by atoms with Gasteiger partial charge in [0.1, 0.15) is 6.54 Å². The third-order valence-electron chi connectivity index (χ3n) is 4.29. The van der Waals surface area contributed by atoms with E-state index in [2.05, 4.69) is 25.8 Å². The number of amides is 1. The van der Waals surface area contributed by atoms with Gasteiger partial charge in [-0.05, 0) is 30.7 Å². The maximum absolute atomic E-state index is 12.4. The molecular weight excluding hydrogens is 392 g/mol. The summed E-state index contributed by atoms with van der Waals surface area (Å²) in [6.07, 6.45) is 3.94. The number of nitrogens with one attached hydrogen (secondary N) is 2. The molecule has 10 heteroatoms. The predicted molar refractivity (Wildman–Crippen MR) is 112 cm³/mol. The average molecular weight is 415 g/mol. The topological polar surface area (TPSA) is 86.9 Å². The summed E-state index contributed by atoms with van der Waals surface area (Å²) < 4.78 is 25.9. The van der Waals surface area contributed by atoms with Gasteiger partial charge in [0.05, 0.1) is 18.3 Å². The van der Waals surface area contributed by atoms with Crippen LogP contribution in [0.3, 0.4) is 0 Å². The van der Waals surface area contributed by atoms with Crippen molar-refractivity contribution in [2.24, 2.45) is 9.98 Å². The first-order valence-corrected chi connectivity index (χ1v) is 9.36. The van der Waals surface area contributed by atoms with Crippen LogP contribution in [0.5, 0.6) is 0 Å². The maximum atomic E-state index is 12.4. The quantitative estimate of drug-likeness (QED) is 0.649. The van der Waals surface area contributed by atoms with Crippen molar-refractivity contribution in [3.63, 3.8) is 0 Å². The van der Waals surface area contributed by atoms with E-state index in [0.29, 0.717) is 5.69 Å². The molecule has 3 rings (SSSR count). The summed E-state index contributed by atoms with van der Waals surface area (Å²) in [5.41, 5.74) is 5.49. The number of alkyl halides is 2. The number of hydrogen-bond acceptors (Lipinski definition) is 6. The van der Waals surface area contributed by atoms with Crippen LogP contribution in [0.2, 0.25) is 0 Å². The Hall–Kier alpha value is -3.40. The monoisotopic (exact) mass is 415 g/mol. The second kappa shape index (κ2) is 9.88. The van der Waals surface area contributed by atoms with E-state index in [-0.39, 0.29) is 11.7 Å². The molecule has 0 spiro atoms. The first-order valence-electron chi connectivity index (χ1n) is 9.36. The molecule has 1 amide bonds. The third-order valence-corrected chi connectivity index (χ3v) is 4.29. The maximum Gasteiger partial charge on any atom is 0.276 e. The molecule has 30 heavy (non-hydrogen) atoms. The van der Waals surface area contributed by atoms with E-state index in [4.69, 9.17) is 0 Å². The molecule has 8 nitrogen and oxygen atoms in total. The number of nitrogens with zero attached hydrogens (tertiary/aromatic N) is 5. The summed E-state index contributed by atoms with van der Waals surface area (Å²) in [5, 5.41) is 8.51. The fourth-order valence-corrected chi connectivity index (χ4v) is 2.78. The Morgan fingerprint density at radius 1 is 1.37 bits per heavy atom. The molecule has 2 aromatic rings. The van der Waals surface area contributed by atoms with Gasteiger partial charge in [-0.1, -0.05) is 12.1 Å². The summed E-state index contributed by atoms with van der Waals surface area (Å²) >= 11 is 0. The van der Waals surface area contributed by atoms with Crippen molar-refractivity contribution in [1.29, 1.82) is 0 Å². The van der Waals surface area contributed by atoms with Crippen LogP contribution in [-0.4, -0.2) is 53.1 Å². The molecule has 0 fully saturated rings. The van der Waals surface area contributed by atoms with E-state index >= 15 is 0 Å². The lowest BCUT2D eigenvalue weighted by Gasteiger charge is -2.09. The van der Waals surface area contributed by atoms with Crippen LogP contribution in [0.4, 0.5) is 14.5 Å². The van der Waals surface area contributed by atoms with E-state index in [1.165, 1.54) is 12.3 Å². The minimum Gasteiger partial charge on any atom is -0.324 e. The smallest absolute Gasteiger partial charge is 0.276 e. The number of aliphatic imine (C=N–C) groups is 2. The Morgan fingerprint density at radius 3 is 2.93 bits per heavy atom. The normalized spacial score (nSPS) is 15.7. The number of hydrogen-bond donors (Lipinski definition) is 2.